The first-order chi connectivity index (χ1) is 7.90. The minimum atomic E-state index is 0.0989. The molecule has 0 bridgehead atoms. The van der Waals surface area contributed by atoms with Crippen LogP contribution in [0.3, 0.4) is 0 Å². The van der Waals surface area contributed by atoms with Gasteiger partial charge < -0.3 is 10.4 Å². The van der Waals surface area contributed by atoms with Crippen molar-refractivity contribution in [3.63, 3.8) is 0 Å². The minimum absolute atomic E-state index is 0.0989. The SMILES string of the molecule is OCCn1nccc1NCc1ccccc1. The van der Waals surface area contributed by atoms with E-state index < -0.39 is 0 Å². The van der Waals surface area contributed by atoms with Gasteiger partial charge in [-0.1, -0.05) is 30.3 Å². The summed E-state index contributed by atoms with van der Waals surface area (Å²) in [5, 5.41) is 16.3. The van der Waals surface area contributed by atoms with Gasteiger partial charge in [0, 0.05) is 12.6 Å². The van der Waals surface area contributed by atoms with Crippen LogP contribution in [0, 0.1) is 0 Å². The van der Waals surface area contributed by atoms with Gasteiger partial charge in [0.25, 0.3) is 0 Å². The third-order valence-corrected chi connectivity index (χ3v) is 2.34. The first-order valence-electron chi connectivity index (χ1n) is 5.30. The molecule has 16 heavy (non-hydrogen) atoms. The summed E-state index contributed by atoms with van der Waals surface area (Å²) in [6.45, 7) is 1.38. The molecular formula is C12H15N3O. The second-order valence-corrected chi connectivity index (χ2v) is 3.50. The van der Waals surface area contributed by atoms with Crippen LogP contribution in [0.2, 0.25) is 0 Å². The molecule has 0 fully saturated rings. The van der Waals surface area contributed by atoms with Crippen LogP contribution in [0.4, 0.5) is 5.82 Å². The van der Waals surface area contributed by atoms with Gasteiger partial charge in [-0.3, -0.25) is 0 Å². The first-order valence-corrected chi connectivity index (χ1v) is 5.30. The second kappa shape index (κ2) is 5.32. The summed E-state index contributed by atoms with van der Waals surface area (Å²) in [5.74, 6) is 0.929. The van der Waals surface area contributed by atoms with Gasteiger partial charge in [-0.05, 0) is 5.56 Å². The third kappa shape index (κ3) is 2.61. The number of aliphatic hydroxyl groups is 1. The molecule has 0 radical (unpaired) electrons. The number of nitrogens with zero attached hydrogens (tertiary/aromatic N) is 2. The van der Waals surface area contributed by atoms with Gasteiger partial charge in [-0.15, -0.1) is 0 Å². The zero-order valence-corrected chi connectivity index (χ0v) is 9.00. The maximum absolute atomic E-state index is 8.86. The van der Waals surface area contributed by atoms with E-state index in [1.165, 1.54) is 5.56 Å². The Morgan fingerprint density at radius 3 is 2.75 bits per heavy atom. The molecule has 2 aromatic rings. The van der Waals surface area contributed by atoms with E-state index in [2.05, 4.69) is 22.5 Å². The summed E-state index contributed by atoms with van der Waals surface area (Å²) >= 11 is 0. The molecule has 0 aliphatic carbocycles. The Morgan fingerprint density at radius 1 is 1.19 bits per heavy atom. The van der Waals surface area contributed by atoms with Crippen LogP contribution in [-0.2, 0) is 13.1 Å². The number of rotatable bonds is 5. The van der Waals surface area contributed by atoms with Crippen molar-refractivity contribution in [2.24, 2.45) is 0 Å². The molecule has 1 aromatic heterocycles. The largest absolute Gasteiger partial charge is 0.394 e. The zero-order valence-electron chi connectivity index (χ0n) is 9.00. The number of aliphatic hydroxyl groups excluding tert-OH is 1. The number of anilines is 1. The number of benzene rings is 1. The molecule has 2 N–H and O–H groups in total. The van der Waals surface area contributed by atoms with E-state index in [4.69, 9.17) is 5.11 Å². The molecule has 4 nitrogen and oxygen atoms in total. The molecule has 2 rings (SSSR count). The quantitative estimate of drug-likeness (QED) is 0.797. The number of aromatic nitrogens is 2. The van der Waals surface area contributed by atoms with Gasteiger partial charge in [0.2, 0.25) is 0 Å². The van der Waals surface area contributed by atoms with Crippen molar-refractivity contribution in [1.29, 1.82) is 0 Å². The monoisotopic (exact) mass is 217 g/mol. The fourth-order valence-corrected chi connectivity index (χ4v) is 1.54. The van der Waals surface area contributed by atoms with Crippen molar-refractivity contribution < 1.29 is 5.11 Å². The predicted octanol–water partition coefficient (Wildman–Crippen LogP) is 1.49. The van der Waals surface area contributed by atoms with Crippen molar-refractivity contribution in [3.05, 3.63) is 48.2 Å². The fourth-order valence-electron chi connectivity index (χ4n) is 1.54. The van der Waals surface area contributed by atoms with E-state index in [1.54, 1.807) is 10.9 Å². The molecule has 0 saturated carbocycles. The normalized spacial score (nSPS) is 10.3. The lowest BCUT2D eigenvalue weighted by atomic mass is 10.2. The number of nitrogens with one attached hydrogen (secondary N) is 1. The van der Waals surface area contributed by atoms with E-state index >= 15 is 0 Å². The lowest BCUT2D eigenvalue weighted by Crippen LogP contribution is -2.10. The number of hydrogen-bond acceptors (Lipinski definition) is 3. The Balaban J connectivity index is 1.97. The molecule has 4 heteroatoms. The van der Waals surface area contributed by atoms with E-state index in [0.717, 1.165) is 12.4 Å². The topological polar surface area (TPSA) is 50.1 Å². The van der Waals surface area contributed by atoms with Crippen LogP contribution in [0.5, 0.6) is 0 Å². The highest BCUT2D eigenvalue weighted by molar-refractivity contribution is 5.35. The lowest BCUT2D eigenvalue weighted by Gasteiger charge is -2.08. The van der Waals surface area contributed by atoms with E-state index in [0.29, 0.717) is 6.54 Å². The summed E-state index contributed by atoms with van der Waals surface area (Å²) in [6.07, 6.45) is 1.73. The van der Waals surface area contributed by atoms with Crippen LogP contribution in [0.15, 0.2) is 42.6 Å². The average molecular weight is 217 g/mol. The lowest BCUT2D eigenvalue weighted by molar-refractivity contribution is 0.270. The van der Waals surface area contributed by atoms with Gasteiger partial charge in [0.15, 0.2) is 0 Å². The first kappa shape index (κ1) is 10.7. The second-order valence-electron chi connectivity index (χ2n) is 3.50. The maximum atomic E-state index is 8.86. The fraction of sp³-hybridized carbons (Fsp3) is 0.250. The van der Waals surface area contributed by atoms with Gasteiger partial charge in [0.1, 0.15) is 5.82 Å². The molecular weight excluding hydrogens is 202 g/mol. The van der Waals surface area contributed by atoms with Crippen LogP contribution < -0.4 is 5.32 Å². The van der Waals surface area contributed by atoms with Gasteiger partial charge in [-0.2, -0.15) is 5.10 Å². The molecule has 0 amide bonds. The molecule has 0 unspecified atom stereocenters. The Kier molecular flexibility index (Phi) is 3.56. The Morgan fingerprint density at radius 2 is 2.00 bits per heavy atom. The minimum Gasteiger partial charge on any atom is -0.394 e. The summed E-state index contributed by atoms with van der Waals surface area (Å²) in [5.41, 5.74) is 1.22. The molecule has 1 aromatic carbocycles. The van der Waals surface area contributed by atoms with Crippen molar-refractivity contribution in [2.75, 3.05) is 11.9 Å². The smallest absolute Gasteiger partial charge is 0.124 e. The van der Waals surface area contributed by atoms with Crippen LogP contribution in [-0.4, -0.2) is 21.5 Å². The molecule has 0 saturated heterocycles. The van der Waals surface area contributed by atoms with E-state index in [-0.39, 0.29) is 6.61 Å². The molecule has 0 atom stereocenters. The number of hydrogen-bond donors (Lipinski definition) is 2. The third-order valence-electron chi connectivity index (χ3n) is 2.34. The van der Waals surface area contributed by atoms with Crippen LogP contribution >= 0.6 is 0 Å². The van der Waals surface area contributed by atoms with E-state index in [1.807, 2.05) is 24.3 Å². The maximum Gasteiger partial charge on any atom is 0.124 e. The van der Waals surface area contributed by atoms with Crippen molar-refractivity contribution in [3.8, 4) is 0 Å². The molecule has 84 valence electrons. The standard InChI is InChI=1S/C12H15N3O/c16-9-8-15-12(6-7-14-15)13-10-11-4-2-1-3-5-11/h1-7,13,16H,8-10H2. The Labute approximate surface area is 94.5 Å². The average Bonchev–Trinajstić information content (AvgIpc) is 2.76. The Hall–Kier alpha value is -1.81. The van der Waals surface area contributed by atoms with Crippen molar-refractivity contribution >= 4 is 5.82 Å². The highest BCUT2D eigenvalue weighted by atomic mass is 16.3. The molecule has 1 heterocycles. The highest BCUT2D eigenvalue weighted by Gasteiger charge is 2.00. The van der Waals surface area contributed by atoms with Crippen molar-refractivity contribution in [1.82, 2.24) is 9.78 Å². The highest BCUT2D eigenvalue weighted by Crippen LogP contribution is 2.08. The van der Waals surface area contributed by atoms with Crippen molar-refractivity contribution in [2.45, 2.75) is 13.1 Å². The van der Waals surface area contributed by atoms with Crippen LogP contribution in [0.25, 0.3) is 0 Å². The zero-order chi connectivity index (χ0) is 11.2. The summed E-state index contributed by atoms with van der Waals surface area (Å²) in [4.78, 5) is 0. The van der Waals surface area contributed by atoms with Gasteiger partial charge in [-0.25, -0.2) is 4.68 Å². The molecule has 0 aliphatic heterocycles. The summed E-state index contributed by atoms with van der Waals surface area (Å²) < 4.78 is 1.75. The summed E-state index contributed by atoms with van der Waals surface area (Å²) in [7, 11) is 0. The van der Waals surface area contributed by atoms with Crippen LogP contribution in [0.1, 0.15) is 5.56 Å². The summed E-state index contributed by atoms with van der Waals surface area (Å²) in [6, 6.07) is 12.1. The van der Waals surface area contributed by atoms with Gasteiger partial charge in [0.05, 0.1) is 19.3 Å². The Bertz CT molecular complexity index is 425. The van der Waals surface area contributed by atoms with E-state index in [9.17, 15) is 0 Å². The molecule has 0 spiro atoms. The molecule has 0 aliphatic rings. The van der Waals surface area contributed by atoms with Gasteiger partial charge >= 0.3 is 0 Å². The predicted molar refractivity (Wildman–Crippen MR) is 63.1 cm³/mol.